The molecule has 0 aliphatic rings. The van der Waals surface area contributed by atoms with Crippen molar-refractivity contribution < 1.29 is 30.3 Å². The third-order valence-corrected chi connectivity index (χ3v) is 8.38. The summed E-state index contributed by atoms with van der Waals surface area (Å²) in [5.74, 6) is -0.0521. The molecule has 0 saturated carbocycles. The van der Waals surface area contributed by atoms with Gasteiger partial charge in [-0.15, -0.1) is 5.10 Å². The number of hydrogen-bond donors (Lipinski definition) is 2. The summed E-state index contributed by atoms with van der Waals surface area (Å²) in [6, 6.07) is 19.6. The fourth-order valence-electron chi connectivity index (χ4n) is 3.53. The van der Waals surface area contributed by atoms with Crippen molar-refractivity contribution in [2.24, 2.45) is 28.7 Å². The van der Waals surface area contributed by atoms with Gasteiger partial charge in [0.25, 0.3) is 0 Å². The van der Waals surface area contributed by atoms with Crippen molar-refractivity contribution in [3.8, 4) is 11.3 Å². The van der Waals surface area contributed by atoms with Crippen LogP contribution < -0.4 is 15.9 Å². The molecule has 2 aromatic heterocycles. The highest BCUT2D eigenvalue weighted by Crippen LogP contribution is 2.21. The standard InChI is InChI=1S/C14H15N6S.2C7H8O3S/c1-19-12(9-20-6-7-21-14(19)20)11-4-2-10(3-5-11)8-17-18-13(15)16;2*1-6-2-4-7(5-3-6)11(8,9)10/h2-9H,1H3,(H4,15,16,18);2*2-5H,1H3,(H,8,9,10)/q+1;;/p-2/b17-8+;;. The highest BCUT2D eigenvalue weighted by atomic mass is 32.2. The van der Waals surface area contributed by atoms with Crippen LogP contribution in [0.4, 0.5) is 0 Å². The number of thiazole rings is 1. The Labute approximate surface area is 253 Å². The zero-order valence-corrected chi connectivity index (χ0v) is 25.8. The first kappa shape index (κ1) is 33.1. The van der Waals surface area contributed by atoms with Crippen molar-refractivity contribution in [3.63, 3.8) is 0 Å². The monoisotopic (exact) mass is 641 g/mol. The molecule has 0 spiro atoms. The van der Waals surface area contributed by atoms with Gasteiger partial charge < -0.3 is 20.6 Å². The fourth-order valence-corrected chi connectivity index (χ4v) is 5.28. The van der Waals surface area contributed by atoms with Crippen molar-refractivity contribution in [2.45, 2.75) is 23.6 Å². The number of aryl methyl sites for hydroxylation is 3. The minimum absolute atomic E-state index is 0.0521. The molecule has 0 saturated heterocycles. The first-order valence-electron chi connectivity index (χ1n) is 12.4. The maximum absolute atomic E-state index is 10.4. The maximum Gasteiger partial charge on any atom is 0.345 e. The highest BCUT2D eigenvalue weighted by molar-refractivity contribution is 7.86. The summed E-state index contributed by atoms with van der Waals surface area (Å²) in [5.41, 5.74) is 15.5. The van der Waals surface area contributed by atoms with Crippen LogP contribution in [-0.4, -0.2) is 42.7 Å². The molecule has 15 heteroatoms. The van der Waals surface area contributed by atoms with E-state index in [4.69, 9.17) is 11.5 Å². The third-order valence-electron chi connectivity index (χ3n) is 5.73. The van der Waals surface area contributed by atoms with E-state index in [0.29, 0.717) is 0 Å². The lowest BCUT2D eigenvalue weighted by Gasteiger charge is -2.05. The van der Waals surface area contributed by atoms with Crippen LogP contribution in [-0.2, 0) is 27.3 Å². The van der Waals surface area contributed by atoms with E-state index >= 15 is 0 Å². The van der Waals surface area contributed by atoms with E-state index < -0.39 is 20.2 Å². The molecule has 5 rings (SSSR count). The van der Waals surface area contributed by atoms with Gasteiger partial charge in [-0.25, -0.2) is 21.4 Å². The molecule has 5 aromatic rings. The highest BCUT2D eigenvalue weighted by Gasteiger charge is 2.16. The number of rotatable bonds is 5. The molecule has 0 atom stereocenters. The quantitative estimate of drug-likeness (QED) is 0.0959. The number of benzene rings is 3. The second-order valence-corrected chi connectivity index (χ2v) is 12.7. The molecule has 0 aliphatic carbocycles. The summed E-state index contributed by atoms with van der Waals surface area (Å²) in [6.45, 7) is 3.64. The van der Waals surface area contributed by atoms with Crippen molar-refractivity contribution in [3.05, 3.63) is 107 Å². The first-order chi connectivity index (χ1) is 20.1. The zero-order chi connectivity index (χ0) is 31.8. The van der Waals surface area contributed by atoms with Gasteiger partial charge in [-0.2, -0.15) is 9.50 Å². The van der Waals surface area contributed by atoms with Crippen LogP contribution in [0.3, 0.4) is 0 Å². The topological polar surface area (TPSA) is 200 Å². The maximum atomic E-state index is 10.4. The molecule has 0 fully saturated rings. The number of nitrogens with two attached hydrogens (primary N) is 2. The van der Waals surface area contributed by atoms with E-state index in [1.807, 2.05) is 26.0 Å². The minimum atomic E-state index is -4.27. The minimum Gasteiger partial charge on any atom is -0.744 e. The number of fused-ring (bicyclic) bond motifs is 1. The lowest BCUT2D eigenvalue weighted by molar-refractivity contribution is -0.505. The molecule has 226 valence electrons. The summed E-state index contributed by atoms with van der Waals surface area (Å²) in [7, 11) is -6.47. The molecule has 0 unspecified atom stereocenters. The van der Waals surface area contributed by atoms with Gasteiger partial charge in [0.2, 0.25) is 5.96 Å². The van der Waals surface area contributed by atoms with Crippen LogP contribution >= 0.6 is 11.3 Å². The molecule has 4 N–H and O–H groups in total. The van der Waals surface area contributed by atoms with Crippen molar-refractivity contribution in [1.29, 1.82) is 0 Å². The molecule has 2 heterocycles. The van der Waals surface area contributed by atoms with E-state index in [9.17, 15) is 25.9 Å². The van der Waals surface area contributed by atoms with Crippen LogP contribution in [0.1, 0.15) is 16.7 Å². The Morgan fingerprint density at radius 1 is 0.837 bits per heavy atom. The average molecular weight is 642 g/mol. The van der Waals surface area contributed by atoms with Crippen molar-refractivity contribution in [2.75, 3.05) is 0 Å². The lowest BCUT2D eigenvalue weighted by atomic mass is 10.1. The van der Waals surface area contributed by atoms with E-state index in [0.717, 1.165) is 27.9 Å². The van der Waals surface area contributed by atoms with E-state index in [-0.39, 0.29) is 15.8 Å². The number of imidazole rings is 1. The summed E-state index contributed by atoms with van der Waals surface area (Å²) in [5, 5.41) is 9.44. The zero-order valence-electron chi connectivity index (χ0n) is 23.4. The van der Waals surface area contributed by atoms with Gasteiger partial charge in [0, 0.05) is 10.9 Å². The lowest BCUT2D eigenvalue weighted by Crippen LogP contribution is -2.21. The van der Waals surface area contributed by atoms with Crippen LogP contribution in [0, 0.1) is 13.8 Å². The van der Waals surface area contributed by atoms with Crippen LogP contribution in [0.25, 0.3) is 16.2 Å². The van der Waals surface area contributed by atoms with Gasteiger partial charge in [0.15, 0.2) is 5.69 Å². The summed E-state index contributed by atoms with van der Waals surface area (Å²) in [4.78, 5) is 0.842. The number of nitrogens with zero attached hydrogens (tertiary/aromatic N) is 4. The number of aromatic nitrogens is 2. The predicted octanol–water partition coefficient (Wildman–Crippen LogP) is 2.90. The van der Waals surface area contributed by atoms with E-state index in [1.54, 1.807) is 41.8 Å². The Morgan fingerprint density at radius 2 is 1.33 bits per heavy atom. The summed E-state index contributed by atoms with van der Waals surface area (Å²) >= 11 is 1.71. The summed E-state index contributed by atoms with van der Waals surface area (Å²) in [6.07, 6.45) is 5.79. The Balaban J connectivity index is 0.000000195. The Kier molecular flexibility index (Phi) is 10.9. The molecule has 3 aromatic carbocycles. The normalized spacial score (nSPS) is 11.4. The third kappa shape index (κ3) is 9.83. The average Bonchev–Trinajstić information content (AvgIpc) is 3.52. The van der Waals surface area contributed by atoms with Gasteiger partial charge in [0.05, 0.1) is 23.1 Å². The smallest absolute Gasteiger partial charge is 0.345 e. The van der Waals surface area contributed by atoms with Crippen molar-refractivity contribution in [1.82, 2.24) is 4.57 Å². The second-order valence-electron chi connectivity index (χ2n) is 9.09. The fraction of sp³-hybridized carbons (Fsp3) is 0.107. The van der Waals surface area contributed by atoms with Gasteiger partial charge >= 0.3 is 4.96 Å². The Bertz CT molecular complexity index is 1870. The largest absolute Gasteiger partial charge is 0.744 e. The molecule has 12 nitrogen and oxygen atoms in total. The van der Waals surface area contributed by atoms with Gasteiger partial charge in [0.1, 0.15) is 32.6 Å². The molecule has 0 aliphatic heterocycles. The Morgan fingerprint density at radius 3 is 1.74 bits per heavy atom. The predicted molar refractivity (Wildman–Crippen MR) is 164 cm³/mol. The second kappa shape index (κ2) is 14.2. The molecule has 0 amide bonds. The molecule has 0 bridgehead atoms. The molecule has 0 radical (unpaired) electrons. The Hall–Kier alpha value is -4.41. The van der Waals surface area contributed by atoms with E-state index in [1.165, 1.54) is 29.2 Å². The molecular formula is C28H29N6O6S3-. The number of hydrogen-bond acceptors (Lipinski definition) is 9. The molecular weight excluding hydrogens is 613 g/mol. The van der Waals surface area contributed by atoms with Gasteiger partial charge in [-0.3, -0.25) is 0 Å². The number of guanidine groups is 1. The van der Waals surface area contributed by atoms with Crippen LogP contribution in [0.2, 0.25) is 0 Å². The first-order valence-corrected chi connectivity index (χ1v) is 16.1. The molecule has 43 heavy (non-hydrogen) atoms. The van der Waals surface area contributed by atoms with Crippen LogP contribution in [0.5, 0.6) is 0 Å². The summed E-state index contributed by atoms with van der Waals surface area (Å²) < 4.78 is 66.6. The van der Waals surface area contributed by atoms with Crippen molar-refractivity contribution >= 4 is 48.7 Å². The SMILES string of the molecule is Cc1ccc(S(=O)(=O)[O-])cc1.Cc1ccc(S(=O)(=O)[O-])cc1.Cn1c(-c2ccc(/C=N/N=C(N)N)cc2)c[n+]2ccsc12. The van der Waals surface area contributed by atoms with Gasteiger partial charge in [-0.1, -0.05) is 58.9 Å². The van der Waals surface area contributed by atoms with Gasteiger partial charge in [-0.05, 0) is 55.8 Å². The van der Waals surface area contributed by atoms with Crippen LogP contribution in [0.15, 0.2) is 111 Å². The van der Waals surface area contributed by atoms with E-state index in [2.05, 4.69) is 56.1 Å².